The Bertz CT molecular complexity index is 1040. The van der Waals surface area contributed by atoms with Crippen molar-refractivity contribution in [3.05, 3.63) is 77.1 Å². The van der Waals surface area contributed by atoms with Gasteiger partial charge < -0.3 is 5.43 Å². The molecule has 2 atom stereocenters. The fourth-order valence-electron chi connectivity index (χ4n) is 3.73. The molecule has 2 unspecified atom stereocenters. The minimum atomic E-state index is -0.332. The second kappa shape index (κ2) is 6.10. The van der Waals surface area contributed by atoms with Crippen LogP contribution in [-0.4, -0.2) is 33.2 Å². The van der Waals surface area contributed by atoms with E-state index in [-0.39, 0.29) is 30.1 Å². The van der Waals surface area contributed by atoms with Crippen LogP contribution in [0.5, 0.6) is 0 Å². The standard InChI is InChI=1S/C19H15FN6O/c20-11-6-4-10(5-7-11)17-16(19-22-9-23-26-19)18-15-12(14(27)8-21-18)2-1-3-13(15)24-25-17/h1-7,9,16-17,24-25H,8H2,(H,22,23,26). The van der Waals surface area contributed by atoms with Crippen LogP contribution in [0.25, 0.3) is 0 Å². The van der Waals surface area contributed by atoms with Crippen molar-refractivity contribution in [2.24, 2.45) is 4.99 Å². The van der Waals surface area contributed by atoms with Gasteiger partial charge in [-0.15, -0.1) is 0 Å². The van der Waals surface area contributed by atoms with Crippen molar-refractivity contribution in [1.82, 2.24) is 20.6 Å². The third-order valence-corrected chi connectivity index (χ3v) is 4.96. The predicted molar refractivity (Wildman–Crippen MR) is 97.2 cm³/mol. The number of hydrogen-bond acceptors (Lipinski definition) is 6. The second-order valence-corrected chi connectivity index (χ2v) is 6.50. The normalized spacial score (nSPS) is 21.1. The topological polar surface area (TPSA) is 95.1 Å². The molecular weight excluding hydrogens is 347 g/mol. The first-order valence-corrected chi connectivity index (χ1v) is 8.55. The molecule has 0 radical (unpaired) electrons. The molecule has 27 heavy (non-hydrogen) atoms. The molecule has 7 nitrogen and oxygen atoms in total. The van der Waals surface area contributed by atoms with E-state index in [0.29, 0.717) is 11.4 Å². The highest BCUT2D eigenvalue weighted by atomic mass is 19.1. The first-order valence-electron chi connectivity index (χ1n) is 8.55. The Morgan fingerprint density at radius 1 is 1.11 bits per heavy atom. The average molecular weight is 362 g/mol. The average Bonchev–Trinajstić information content (AvgIpc) is 3.16. The Kier molecular flexibility index (Phi) is 3.58. The summed E-state index contributed by atoms with van der Waals surface area (Å²) >= 11 is 0. The number of aromatic amines is 1. The number of benzene rings is 2. The monoisotopic (exact) mass is 362 g/mol. The van der Waals surface area contributed by atoms with Crippen LogP contribution >= 0.6 is 0 Å². The molecular formula is C19H15FN6O. The molecule has 2 aliphatic heterocycles. The lowest BCUT2D eigenvalue weighted by Gasteiger charge is -2.26. The van der Waals surface area contributed by atoms with Gasteiger partial charge in [-0.1, -0.05) is 24.3 Å². The van der Waals surface area contributed by atoms with E-state index >= 15 is 0 Å². The molecule has 3 aromatic rings. The summed E-state index contributed by atoms with van der Waals surface area (Å²) in [6, 6.07) is 11.5. The first kappa shape index (κ1) is 15.8. The van der Waals surface area contributed by atoms with E-state index in [2.05, 4.69) is 31.0 Å². The molecule has 0 fully saturated rings. The van der Waals surface area contributed by atoms with Gasteiger partial charge in [0.1, 0.15) is 24.5 Å². The Balaban J connectivity index is 1.72. The quantitative estimate of drug-likeness (QED) is 0.651. The highest BCUT2D eigenvalue weighted by molar-refractivity contribution is 6.20. The van der Waals surface area contributed by atoms with E-state index < -0.39 is 0 Å². The van der Waals surface area contributed by atoms with Gasteiger partial charge in [0, 0.05) is 11.1 Å². The molecule has 8 heteroatoms. The number of Topliss-reactive ketones (excluding diaryl/α,β-unsaturated/α-hetero) is 1. The summed E-state index contributed by atoms with van der Waals surface area (Å²) in [6.07, 6.45) is 1.44. The summed E-state index contributed by atoms with van der Waals surface area (Å²) in [6.45, 7) is 0.0898. The number of halogens is 1. The number of aromatic nitrogens is 3. The molecule has 1 aromatic heterocycles. The van der Waals surface area contributed by atoms with Crippen molar-refractivity contribution in [3.8, 4) is 0 Å². The fourth-order valence-corrected chi connectivity index (χ4v) is 3.73. The molecule has 3 N–H and O–H groups in total. The third kappa shape index (κ3) is 2.53. The lowest BCUT2D eigenvalue weighted by Crippen LogP contribution is -2.33. The molecule has 3 heterocycles. The molecule has 2 aromatic carbocycles. The SMILES string of the molecule is O=C1CN=C2c3c(cccc31)NNC(c1ccc(F)cc1)C2c1ncn[nH]1. The van der Waals surface area contributed by atoms with Crippen molar-refractivity contribution in [1.29, 1.82) is 0 Å². The van der Waals surface area contributed by atoms with E-state index in [1.165, 1.54) is 18.5 Å². The van der Waals surface area contributed by atoms with Gasteiger partial charge in [0.2, 0.25) is 0 Å². The predicted octanol–water partition coefficient (Wildman–Crippen LogP) is 2.38. The van der Waals surface area contributed by atoms with Crippen LogP contribution < -0.4 is 10.9 Å². The van der Waals surface area contributed by atoms with Crippen LogP contribution in [0.1, 0.15) is 39.3 Å². The Labute approximate surface area is 153 Å². The molecule has 0 spiro atoms. The summed E-state index contributed by atoms with van der Waals surface area (Å²) in [5.41, 5.74) is 10.3. The maximum atomic E-state index is 13.4. The van der Waals surface area contributed by atoms with Crippen molar-refractivity contribution in [2.45, 2.75) is 12.0 Å². The van der Waals surface area contributed by atoms with Crippen molar-refractivity contribution < 1.29 is 9.18 Å². The Hall–Kier alpha value is -3.39. The number of hydrogen-bond donors (Lipinski definition) is 3. The number of hydrazine groups is 1. The molecule has 0 saturated heterocycles. The summed E-state index contributed by atoms with van der Waals surface area (Å²) in [5, 5.41) is 6.91. The summed E-state index contributed by atoms with van der Waals surface area (Å²) in [4.78, 5) is 21.3. The minimum absolute atomic E-state index is 0.0195. The van der Waals surface area contributed by atoms with E-state index in [4.69, 9.17) is 0 Å². The Morgan fingerprint density at radius 3 is 2.74 bits per heavy atom. The zero-order valence-electron chi connectivity index (χ0n) is 14.1. The third-order valence-electron chi connectivity index (χ3n) is 4.96. The molecule has 0 bridgehead atoms. The minimum Gasteiger partial charge on any atom is -0.320 e. The lowest BCUT2D eigenvalue weighted by atomic mass is 9.82. The van der Waals surface area contributed by atoms with Gasteiger partial charge in [0.15, 0.2) is 5.78 Å². The summed E-state index contributed by atoms with van der Waals surface area (Å²) in [7, 11) is 0. The van der Waals surface area contributed by atoms with Gasteiger partial charge in [-0.25, -0.2) is 14.8 Å². The number of aliphatic imine (C=N–C) groups is 1. The first-order chi connectivity index (χ1) is 13.2. The highest BCUT2D eigenvalue weighted by Gasteiger charge is 2.39. The molecule has 0 aliphatic carbocycles. The van der Waals surface area contributed by atoms with Crippen molar-refractivity contribution >= 4 is 17.2 Å². The maximum absolute atomic E-state index is 13.4. The molecule has 5 rings (SSSR count). The van der Waals surface area contributed by atoms with E-state index in [9.17, 15) is 9.18 Å². The number of rotatable bonds is 2. The zero-order chi connectivity index (χ0) is 18.4. The number of ketones is 1. The van der Waals surface area contributed by atoms with Gasteiger partial charge in [-0.3, -0.25) is 14.9 Å². The van der Waals surface area contributed by atoms with Crippen LogP contribution in [-0.2, 0) is 0 Å². The molecule has 2 aliphatic rings. The van der Waals surface area contributed by atoms with E-state index in [0.717, 1.165) is 22.5 Å². The number of nitrogens with one attached hydrogen (secondary N) is 3. The second-order valence-electron chi connectivity index (χ2n) is 6.50. The summed E-state index contributed by atoms with van der Waals surface area (Å²) in [5.74, 6) is -0.0352. The summed E-state index contributed by atoms with van der Waals surface area (Å²) < 4.78 is 13.4. The zero-order valence-corrected chi connectivity index (χ0v) is 14.1. The largest absolute Gasteiger partial charge is 0.320 e. The van der Waals surface area contributed by atoms with Crippen LogP contribution in [0.3, 0.4) is 0 Å². The van der Waals surface area contributed by atoms with E-state index in [1.54, 1.807) is 12.1 Å². The molecule has 0 amide bonds. The van der Waals surface area contributed by atoms with E-state index in [1.807, 2.05) is 18.2 Å². The van der Waals surface area contributed by atoms with Crippen molar-refractivity contribution in [2.75, 3.05) is 12.0 Å². The fraction of sp³-hybridized carbons (Fsp3) is 0.158. The number of anilines is 1. The molecule has 134 valence electrons. The number of H-pyrrole nitrogens is 1. The van der Waals surface area contributed by atoms with Gasteiger partial charge >= 0.3 is 0 Å². The van der Waals surface area contributed by atoms with Gasteiger partial charge in [-0.05, 0) is 23.8 Å². The lowest BCUT2D eigenvalue weighted by molar-refractivity contribution is 0.1000. The van der Waals surface area contributed by atoms with Gasteiger partial charge in [0.25, 0.3) is 0 Å². The van der Waals surface area contributed by atoms with Crippen LogP contribution in [0, 0.1) is 5.82 Å². The van der Waals surface area contributed by atoms with Gasteiger partial charge in [0.05, 0.1) is 23.4 Å². The smallest absolute Gasteiger partial charge is 0.184 e. The van der Waals surface area contributed by atoms with Crippen LogP contribution in [0.15, 0.2) is 53.8 Å². The number of carbonyl (C=O) groups is 1. The number of nitrogens with zero attached hydrogens (tertiary/aromatic N) is 3. The van der Waals surface area contributed by atoms with Crippen molar-refractivity contribution in [3.63, 3.8) is 0 Å². The number of carbonyl (C=O) groups excluding carboxylic acids is 1. The Morgan fingerprint density at radius 2 is 1.96 bits per heavy atom. The highest BCUT2D eigenvalue weighted by Crippen LogP contribution is 2.39. The maximum Gasteiger partial charge on any atom is 0.184 e. The van der Waals surface area contributed by atoms with Crippen LogP contribution in [0.4, 0.5) is 10.1 Å². The van der Waals surface area contributed by atoms with Crippen LogP contribution in [0.2, 0.25) is 0 Å². The van der Waals surface area contributed by atoms with Gasteiger partial charge in [-0.2, -0.15) is 5.10 Å². The molecule has 0 saturated carbocycles.